The second-order valence-corrected chi connectivity index (χ2v) is 6.20. The molecule has 0 spiro atoms. The second kappa shape index (κ2) is 7.29. The molecule has 0 fully saturated rings. The maximum Gasteiger partial charge on any atom is 0.342 e. The molecule has 0 aliphatic carbocycles. The van der Waals surface area contributed by atoms with Gasteiger partial charge in [-0.15, -0.1) is 0 Å². The minimum atomic E-state index is -1.76. The molecule has 23 heavy (non-hydrogen) atoms. The summed E-state index contributed by atoms with van der Waals surface area (Å²) in [6.07, 6.45) is 1.38. The van der Waals surface area contributed by atoms with Gasteiger partial charge in [0.2, 0.25) is 0 Å². The quantitative estimate of drug-likeness (QED) is 0.592. The molecule has 0 radical (unpaired) electrons. The first-order chi connectivity index (χ1) is 10.6. The van der Waals surface area contributed by atoms with E-state index in [0.717, 1.165) is 6.42 Å². The fourth-order valence-corrected chi connectivity index (χ4v) is 2.48. The van der Waals surface area contributed by atoms with Crippen LogP contribution in [-0.2, 0) is 12.2 Å². The Morgan fingerprint density at radius 3 is 2.48 bits per heavy atom. The van der Waals surface area contributed by atoms with E-state index in [0.29, 0.717) is 5.57 Å². The minimum absolute atomic E-state index is 0.00205. The minimum Gasteiger partial charge on any atom is -0.507 e. The molecule has 1 rings (SSSR count). The van der Waals surface area contributed by atoms with Gasteiger partial charge in [0.1, 0.15) is 11.4 Å². The van der Waals surface area contributed by atoms with Crippen molar-refractivity contribution >= 4 is 0 Å². The molecule has 0 unspecified atom stereocenters. The first kappa shape index (κ1) is 19.4. The Bertz CT molecular complexity index is 641. The topological polar surface area (TPSA) is 111 Å². The van der Waals surface area contributed by atoms with E-state index in [1.54, 1.807) is 6.92 Å². The zero-order chi connectivity index (χ0) is 17.9. The summed E-state index contributed by atoms with van der Waals surface area (Å²) in [6.45, 7) is 7.63. The largest absolute Gasteiger partial charge is 0.507 e. The molecule has 1 aromatic rings. The Labute approximate surface area is 135 Å². The third kappa shape index (κ3) is 4.02. The number of rotatable bonds is 6. The Balaban J connectivity index is 3.42. The Hall–Kier alpha value is -1.63. The van der Waals surface area contributed by atoms with E-state index < -0.39 is 29.7 Å². The van der Waals surface area contributed by atoms with Gasteiger partial charge < -0.3 is 24.8 Å². The number of aromatic hydroxyl groups is 1. The van der Waals surface area contributed by atoms with E-state index in [1.807, 2.05) is 13.8 Å². The van der Waals surface area contributed by atoms with Crippen LogP contribution in [0.5, 0.6) is 5.75 Å². The highest BCUT2D eigenvalue weighted by atomic mass is 16.4. The molecule has 0 aromatic carbocycles. The number of hydrogen-bond acceptors (Lipinski definition) is 6. The van der Waals surface area contributed by atoms with Gasteiger partial charge in [-0.25, -0.2) is 4.79 Å². The summed E-state index contributed by atoms with van der Waals surface area (Å²) in [4.78, 5) is 11.8. The standard InChI is InChI=1S/C17H26O6/c1-6-9(2)13(19)10(3)7-17(5,22)15-12(8-18)14(20)11(4)16(21)23-15/h7,9,13,18-20,22H,6,8H2,1-5H3/t9-,13+,17-/m0/s1. The Kier molecular flexibility index (Phi) is 6.16. The van der Waals surface area contributed by atoms with Crippen LogP contribution in [0.3, 0.4) is 0 Å². The van der Waals surface area contributed by atoms with Crippen LogP contribution in [-0.4, -0.2) is 26.5 Å². The molecular weight excluding hydrogens is 300 g/mol. The summed E-state index contributed by atoms with van der Waals surface area (Å²) in [5.74, 6) is -0.630. The van der Waals surface area contributed by atoms with Gasteiger partial charge in [-0.05, 0) is 38.3 Å². The van der Waals surface area contributed by atoms with E-state index in [-0.39, 0.29) is 22.8 Å². The summed E-state index contributed by atoms with van der Waals surface area (Å²) in [5, 5.41) is 40.3. The molecule has 1 aromatic heterocycles. The summed E-state index contributed by atoms with van der Waals surface area (Å²) in [5.41, 5.74) is -2.12. The van der Waals surface area contributed by atoms with Gasteiger partial charge in [-0.3, -0.25) is 0 Å². The molecule has 4 N–H and O–H groups in total. The lowest BCUT2D eigenvalue weighted by Gasteiger charge is -2.25. The molecule has 6 nitrogen and oxygen atoms in total. The molecular formula is C17H26O6. The predicted molar refractivity (Wildman–Crippen MR) is 86.1 cm³/mol. The SMILES string of the molecule is CC[C@H](C)[C@@H](O)C(C)=C[C@](C)(O)c1oc(=O)c(C)c(O)c1CO. The van der Waals surface area contributed by atoms with Crippen LogP contribution in [0.1, 0.15) is 51.0 Å². The molecule has 6 heteroatoms. The molecule has 0 bridgehead atoms. The Morgan fingerprint density at radius 2 is 2.00 bits per heavy atom. The molecule has 1 heterocycles. The van der Waals surface area contributed by atoms with Crippen LogP contribution in [0.4, 0.5) is 0 Å². The summed E-state index contributed by atoms with van der Waals surface area (Å²) >= 11 is 0. The van der Waals surface area contributed by atoms with Crippen molar-refractivity contribution in [3.05, 3.63) is 39.0 Å². The molecule has 0 saturated heterocycles. The average molecular weight is 326 g/mol. The first-order valence-corrected chi connectivity index (χ1v) is 7.63. The van der Waals surface area contributed by atoms with Gasteiger partial charge >= 0.3 is 5.63 Å². The second-order valence-electron chi connectivity index (χ2n) is 6.20. The molecule has 130 valence electrons. The predicted octanol–water partition coefficient (Wildman–Crippen LogP) is 1.71. The highest BCUT2D eigenvalue weighted by Crippen LogP contribution is 2.33. The van der Waals surface area contributed by atoms with E-state index in [1.165, 1.54) is 19.9 Å². The Morgan fingerprint density at radius 1 is 1.43 bits per heavy atom. The third-order valence-electron chi connectivity index (χ3n) is 4.19. The van der Waals surface area contributed by atoms with Crippen molar-refractivity contribution in [2.45, 2.75) is 59.4 Å². The maximum atomic E-state index is 11.8. The molecule has 0 aliphatic heterocycles. The van der Waals surface area contributed by atoms with Gasteiger partial charge in [0.25, 0.3) is 0 Å². The molecule has 0 saturated carbocycles. The first-order valence-electron chi connectivity index (χ1n) is 7.63. The van der Waals surface area contributed by atoms with Crippen molar-refractivity contribution in [2.24, 2.45) is 5.92 Å². The monoisotopic (exact) mass is 326 g/mol. The number of aliphatic hydroxyl groups is 3. The fourth-order valence-electron chi connectivity index (χ4n) is 2.48. The summed E-state index contributed by atoms with van der Waals surface area (Å²) < 4.78 is 5.09. The zero-order valence-corrected chi connectivity index (χ0v) is 14.3. The van der Waals surface area contributed by atoms with Crippen LogP contribution in [0.25, 0.3) is 0 Å². The highest BCUT2D eigenvalue weighted by Gasteiger charge is 2.31. The average Bonchev–Trinajstić information content (AvgIpc) is 2.50. The maximum absolute atomic E-state index is 11.8. The zero-order valence-electron chi connectivity index (χ0n) is 14.3. The normalized spacial score (nSPS) is 17.7. The van der Waals surface area contributed by atoms with Crippen LogP contribution >= 0.6 is 0 Å². The van der Waals surface area contributed by atoms with Gasteiger partial charge in [-0.2, -0.15) is 0 Å². The van der Waals surface area contributed by atoms with Crippen LogP contribution in [0.15, 0.2) is 20.9 Å². The number of aliphatic hydroxyl groups excluding tert-OH is 2. The van der Waals surface area contributed by atoms with Crippen molar-refractivity contribution in [1.29, 1.82) is 0 Å². The van der Waals surface area contributed by atoms with Gasteiger partial charge in [0, 0.05) is 0 Å². The van der Waals surface area contributed by atoms with Crippen LogP contribution in [0, 0.1) is 12.8 Å². The van der Waals surface area contributed by atoms with Crippen molar-refractivity contribution in [2.75, 3.05) is 0 Å². The lowest BCUT2D eigenvalue weighted by atomic mass is 9.90. The van der Waals surface area contributed by atoms with Gasteiger partial charge in [-0.1, -0.05) is 20.3 Å². The van der Waals surface area contributed by atoms with Crippen molar-refractivity contribution in [3.63, 3.8) is 0 Å². The third-order valence-corrected chi connectivity index (χ3v) is 4.19. The van der Waals surface area contributed by atoms with Crippen LogP contribution < -0.4 is 5.63 Å². The lowest BCUT2D eigenvalue weighted by molar-refractivity contribution is 0.0709. The molecule has 0 amide bonds. The van der Waals surface area contributed by atoms with Crippen LogP contribution in [0.2, 0.25) is 0 Å². The lowest BCUT2D eigenvalue weighted by Crippen LogP contribution is -2.27. The van der Waals surface area contributed by atoms with Gasteiger partial charge in [0.05, 0.1) is 23.8 Å². The molecule has 3 atom stereocenters. The van der Waals surface area contributed by atoms with Crippen molar-refractivity contribution in [3.8, 4) is 5.75 Å². The smallest absolute Gasteiger partial charge is 0.342 e. The van der Waals surface area contributed by atoms with Gasteiger partial charge in [0.15, 0.2) is 5.76 Å². The van der Waals surface area contributed by atoms with Crippen molar-refractivity contribution < 1.29 is 24.8 Å². The fraction of sp³-hybridized carbons (Fsp3) is 0.588. The van der Waals surface area contributed by atoms with E-state index in [9.17, 15) is 25.2 Å². The van der Waals surface area contributed by atoms with Crippen molar-refractivity contribution in [1.82, 2.24) is 0 Å². The number of hydrogen-bond donors (Lipinski definition) is 4. The molecule has 0 aliphatic rings. The van der Waals surface area contributed by atoms with E-state index in [2.05, 4.69) is 0 Å². The summed E-state index contributed by atoms with van der Waals surface area (Å²) in [7, 11) is 0. The summed E-state index contributed by atoms with van der Waals surface area (Å²) in [6, 6.07) is 0. The van der Waals surface area contributed by atoms with E-state index in [4.69, 9.17) is 4.42 Å². The van der Waals surface area contributed by atoms with E-state index >= 15 is 0 Å². The highest BCUT2D eigenvalue weighted by molar-refractivity contribution is 5.42.